The molecule has 3 aromatic rings. The van der Waals surface area contributed by atoms with Gasteiger partial charge in [-0.1, -0.05) is 41.9 Å². The minimum atomic E-state index is 0.0231. The van der Waals surface area contributed by atoms with E-state index in [0.717, 1.165) is 48.5 Å². The minimum absolute atomic E-state index is 0.0231. The van der Waals surface area contributed by atoms with E-state index in [0.29, 0.717) is 11.6 Å². The molecule has 1 aromatic heterocycles. The maximum Gasteiger partial charge on any atom is 0.236 e. The molecule has 1 aliphatic heterocycles. The number of fused-ring (bicyclic) bond motifs is 1. The third kappa shape index (κ3) is 4.05. The summed E-state index contributed by atoms with van der Waals surface area (Å²) >= 11 is 6.24. The lowest BCUT2D eigenvalue weighted by Crippen LogP contribution is -2.43. The van der Waals surface area contributed by atoms with Gasteiger partial charge in [-0.15, -0.1) is 0 Å². The van der Waals surface area contributed by atoms with E-state index in [2.05, 4.69) is 10.3 Å². The zero-order valence-electron chi connectivity index (χ0n) is 15.9. The molecule has 0 spiro atoms. The summed E-state index contributed by atoms with van der Waals surface area (Å²) in [6, 6.07) is 15.6. The number of oxazole rings is 1. The van der Waals surface area contributed by atoms with Gasteiger partial charge in [0.15, 0.2) is 11.5 Å². The minimum Gasteiger partial charge on any atom is -0.440 e. The zero-order chi connectivity index (χ0) is 19.5. The van der Waals surface area contributed by atoms with Crippen molar-refractivity contribution in [2.45, 2.75) is 31.7 Å². The largest absolute Gasteiger partial charge is 0.440 e. The number of hydrogen-bond donors (Lipinski definition) is 1. The van der Waals surface area contributed by atoms with Crippen LogP contribution in [0, 0.1) is 0 Å². The first kappa shape index (κ1) is 19.0. The van der Waals surface area contributed by atoms with E-state index in [4.69, 9.17) is 16.0 Å². The smallest absolute Gasteiger partial charge is 0.236 e. The number of carbonyl (C=O) groups is 1. The normalized spacial score (nSPS) is 16.4. The zero-order valence-corrected chi connectivity index (χ0v) is 16.7. The molecule has 0 unspecified atom stereocenters. The van der Waals surface area contributed by atoms with Crippen molar-refractivity contribution in [1.29, 1.82) is 0 Å². The molecule has 1 aliphatic rings. The third-order valence-electron chi connectivity index (χ3n) is 5.44. The van der Waals surface area contributed by atoms with Gasteiger partial charge in [-0.05, 0) is 43.5 Å². The van der Waals surface area contributed by atoms with E-state index in [1.807, 2.05) is 60.4 Å². The van der Waals surface area contributed by atoms with Gasteiger partial charge in [0.25, 0.3) is 0 Å². The van der Waals surface area contributed by atoms with Crippen LogP contribution in [0.5, 0.6) is 0 Å². The van der Waals surface area contributed by atoms with Crippen molar-refractivity contribution in [3.63, 3.8) is 0 Å². The Morgan fingerprint density at radius 1 is 1.21 bits per heavy atom. The van der Waals surface area contributed by atoms with Crippen molar-refractivity contribution < 1.29 is 9.21 Å². The summed E-state index contributed by atoms with van der Waals surface area (Å²) in [6.07, 6.45) is 1.75. The first-order valence-electron chi connectivity index (χ1n) is 9.73. The summed E-state index contributed by atoms with van der Waals surface area (Å²) in [6.45, 7) is 3.78. The molecule has 1 amide bonds. The number of nitrogens with one attached hydrogen (secondary N) is 1. The summed E-state index contributed by atoms with van der Waals surface area (Å²) in [5.74, 6) is 1.18. The number of benzene rings is 2. The maximum absolute atomic E-state index is 12.6. The van der Waals surface area contributed by atoms with E-state index in [-0.39, 0.29) is 17.9 Å². The fourth-order valence-electron chi connectivity index (χ4n) is 3.73. The number of aromatic nitrogens is 1. The predicted octanol–water partition coefficient (Wildman–Crippen LogP) is 4.54. The molecule has 2 aromatic carbocycles. The summed E-state index contributed by atoms with van der Waals surface area (Å²) < 4.78 is 5.90. The number of likely N-dealkylation sites (tertiary alicyclic amines) is 1. The van der Waals surface area contributed by atoms with Gasteiger partial charge in [0.05, 0.1) is 6.54 Å². The number of rotatable bonds is 5. The van der Waals surface area contributed by atoms with Crippen molar-refractivity contribution in [1.82, 2.24) is 15.2 Å². The fourth-order valence-corrected chi connectivity index (χ4v) is 4.03. The van der Waals surface area contributed by atoms with Crippen LogP contribution in [0.3, 0.4) is 0 Å². The van der Waals surface area contributed by atoms with Crippen LogP contribution in [-0.2, 0) is 4.79 Å². The molecule has 146 valence electrons. The van der Waals surface area contributed by atoms with Crippen LogP contribution in [0.15, 0.2) is 52.9 Å². The molecule has 0 saturated carbocycles. The maximum atomic E-state index is 12.6. The Labute approximate surface area is 169 Å². The lowest BCUT2D eigenvalue weighted by Gasteiger charge is -2.31. The monoisotopic (exact) mass is 397 g/mol. The lowest BCUT2D eigenvalue weighted by molar-refractivity contribution is -0.131. The molecule has 0 radical (unpaired) electrons. The van der Waals surface area contributed by atoms with Gasteiger partial charge in [-0.3, -0.25) is 4.79 Å². The summed E-state index contributed by atoms with van der Waals surface area (Å²) in [4.78, 5) is 19.1. The van der Waals surface area contributed by atoms with Gasteiger partial charge >= 0.3 is 0 Å². The number of para-hydroxylation sites is 2. The van der Waals surface area contributed by atoms with Crippen LogP contribution in [0.4, 0.5) is 0 Å². The second kappa shape index (κ2) is 8.33. The van der Waals surface area contributed by atoms with Crippen LogP contribution < -0.4 is 5.32 Å². The fraction of sp³-hybridized carbons (Fsp3) is 0.364. The standard InChI is InChI=1S/C22H24ClN3O2/c1-15(17-6-2-3-7-18(17)23)24-14-21(27)26-12-10-16(11-13-26)22-25-19-8-4-5-9-20(19)28-22/h2-9,15-16,24H,10-14H2,1H3/t15-/m1/s1. The second-order valence-corrected chi connectivity index (χ2v) is 7.71. The topological polar surface area (TPSA) is 58.4 Å². The molecule has 1 atom stereocenters. The highest BCUT2D eigenvalue weighted by molar-refractivity contribution is 6.31. The van der Waals surface area contributed by atoms with Crippen LogP contribution >= 0.6 is 11.6 Å². The molecular weight excluding hydrogens is 374 g/mol. The van der Waals surface area contributed by atoms with Gasteiger partial charge < -0.3 is 14.6 Å². The van der Waals surface area contributed by atoms with E-state index < -0.39 is 0 Å². The Kier molecular flexibility index (Phi) is 5.64. The Balaban J connectivity index is 1.29. The van der Waals surface area contributed by atoms with Gasteiger partial charge in [0.2, 0.25) is 5.91 Å². The average molecular weight is 398 g/mol. The molecule has 6 heteroatoms. The van der Waals surface area contributed by atoms with Crippen LogP contribution in [-0.4, -0.2) is 35.4 Å². The number of piperidine rings is 1. The van der Waals surface area contributed by atoms with E-state index in [9.17, 15) is 4.79 Å². The SMILES string of the molecule is C[C@@H](NCC(=O)N1CCC(c2nc3ccccc3o2)CC1)c1ccccc1Cl. The van der Waals surface area contributed by atoms with Crippen LogP contribution in [0.25, 0.3) is 11.1 Å². The number of amides is 1. The van der Waals surface area contributed by atoms with Crippen molar-refractivity contribution in [2.24, 2.45) is 0 Å². The Bertz CT molecular complexity index is 930. The Morgan fingerprint density at radius 3 is 2.68 bits per heavy atom. The van der Waals surface area contributed by atoms with Crippen LogP contribution in [0.1, 0.15) is 43.2 Å². The Morgan fingerprint density at radius 2 is 1.93 bits per heavy atom. The first-order chi connectivity index (χ1) is 13.6. The second-order valence-electron chi connectivity index (χ2n) is 7.30. The van der Waals surface area contributed by atoms with Gasteiger partial charge in [0.1, 0.15) is 5.52 Å². The highest BCUT2D eigenvalue weighted by Crippen LogP contribution is 2.30. The first-order valence-corrected chi connectivity index (χ1v) is 10.1. The summed E-state index contributed by atoms with van der Waals surface area (Å²) in [7, 11) is 0. The number of carbonyl (C=O) groups excluding carboxylic acids is 1. The molecule has 5 nitrogen and oxygen atoms in total. The summed E-state index contributed by atoms with van der Waals surface area (Å²) in [5.41, 5.74) is 2.73. The van der Waals surface area contributed by atoms with Crippen molar-refractivity contribution in [2.75, 3.05) is 19.6 Å². The van der Waals surface area contributed by atoms with Crippen molar-refractivity contribution >= 4 is 28.6 Å². The molecule has 2 heterocycles. The van der Waals surface area contributed by atoms with Crippen molar-refractivity contribution in [3.05, 3.63) is 65.0 Å². The predicted molar refractivity (Wildman–Crippen MR) is 110 cm³/mol. The molecule has 0 bridgehead atoms. The molecule has 28 heavy (non-hydrogen) atoms. The van der Waals surface area contributed by atoms with Crippen molar-refractivity contribution in [3.8, 4) is 0 Å². The third-order valence-corrected chi connectivity index (χ3v) is 5.78. The van der Waals surface area contributed by atoms with E-state index in [1.54, 1.807) is 0 Å². The lowest BCUT2D eigenvalue weighted by atomic mass is 9.96. The highest BCUT2D eigenvalue weighted by atomic mass is 35.5. The highest BCUT2D eigenvalue weighted by Gasteiger charge is 2.27. The number of halogens is 1. The van der Waals surface area contributed by atoms with E-state index in [1.165, 1.54) is 0 Å². The molecule has 1 N–H and O–H groups in total. The van der Waals surface area contributed by atoms with Gasteiger partial charge in [0, 0.05) is 30.1 Å². The summed E-state index contributed by atoms with van der Waals surface area (Å²) in [5, 5.41) is 4.01. The number of nitrogens with zero attached hydrogens (tertiary/aromatic N) is 2. The molecule has 1 saturated heterocycles. The average Bonchev–Trinajstić information content (AvgIpc) is 3.16. The Hall–Kier alpha value is -2.37. The van der Waals surface area contributed by atoms with Crippen LogP contribution in [0.2, 0.25) is 5.02 Å². The quantitative estimate of drug-likeness (QED) is 0.686. The molecule has 0 aliphatic carbocycles. The molecule has 4 rings (SSSR count). The van der Waals surface area contributed by atoms with Gasteiger partial charge in [-0.2, -0.15) is 0 Å². The van der Waals surface area contributed by atoms with Gasteiger partial charge in [-0.25, -0.2) is 4.98 Å². The molecular formula is C22H24ClN3O2. The van der Waals surface area contributed by atoms with E-state index >= 15 is 0 Å². The molecule has 1 fully saturated rings. The number of hydrogen-bond acceptors (Lipinski definition) is 4.